The Morgan fingerprint density at radius 2 is 0.964 bits per heavy atom. The summed E-state index contributed by atoms with van der Waals surface area (Å²) in [6, 6.07) is 21.7. The van der Waals surface area contributed by atoms with Gasteiger partial charge in [0.25, 0.3) is 0 Å². The summed E-state index contributed by atoms with van der Waals surface area (Å²) in [7, 11) is 0. The summed E-state index contributed by atoms with van der Waals surface area (Å²) < 4.78 is 1.75. The number of hydrogen-bond acceptors (Lipinski definition) is 0. The first-order valence-corrected chi connectivity index (χ1v) is 21.5. The standard InChI is InChI=1S/C39H45.C9H18.C5H5.2ClH.Zr/c1-22-13-24(3)36(25(4)14-22)32-18-28-17-29-19-33(37-26(5)15-23(2)16-27(37)6)35(39(10,11)12)21-31(29)30(28)20-34(32)38(7,8)9;1-8(2)6-5-7-9(3)4;1-2-4-5-3-1;;;/h13-21H,1-12H3;8-9H,6-7H2,1-4H3;1-3H,4H2;2*1H;/q-1;;-1;;;+2/p-2. The Morgan fingerprint density at radius 1 is 0.607 bits per heavy atom. The average Bonchev–Trinajstić information content (AvgIpc) is 3.69. The van der Waals surface area contributed by atoms with Crippen LogP contribution in [0.15, 0.2) is 72.8 Å². The third-order valence-electron chi connectivity index (χ3n) is 10.4. The van der Waals surface area contributed by atoms with Gasteiger partial charge in [-0.25, -0.2) is 12.2 Å². The molecular formula is C53H68Cl2Zr-2. The fourth-order valence-electron chi connectivity index (χ4n) is 8.38. The molecule has 0 amide bonds. The predicted molar refractivity (Wildman–Crippen MR) is 239 cm³/mol. The Bertz CT molecular complexity index is 1990. The molecule has 0 fully saturated rings. The van der Waals surface area contributed by atoms with Crippen molar-refractivity contribution >= 4 is 24.8 Å². The fourth-order valence-corrected chi connectivity index (χ4v) is 10.4. The molecule has 0 spiro atoms. The van der Waals surface area contributed by atoms with Crippen molar-refractivity contribution in [2.24, 2.45) is 11.8 Å². The number of fused-ring (bicyclic) bond motifs is 3. The van der Waals surface area contributed by atoms with Crippen LogP contribution in [0.25, 0.3) is 43.8 Å². The molecule has 300 valence electrons. The monoisotopic (exact) mass is 864 g/mol. The van der Waals surface area contributed by atoms with Crippen LogP contribution in [0.5, 0.6) is 0 Å². The van der Waals surface area contributed by atoms with Gasteiger partial charge in [0.15, 0.2) is 0 Å². The van der Waals surface area contributed by atoms with Crippen LogP contribution in [0, 0.1) is 59.5 Å². The molecule has 3 heteroatoms. The van der Waals surface area contributed by atoms with E-state index in [2.05, 4.69) is 178 Å². The topological polar surface area (TPSA) is 0 Å². The summed E-state index contributed by atoms with van der Waals surface area (Å²) in [6.07, 6.45) is 12.7. The minimum absolute atomic E-state index is 0. The van der Waals surface area contributed by atoms with Gasteiger partial charge in [0.05, 0.1) is 0 Å². The van der Waals surface area contributed by atoms with Crippen LogP contribution >= 0.6 is 0 Å². The van der Waals surface area contributed by atoms with Crippen molar-refractivity contribution in [3.63, 3.8) is 0 Å². The van der Waals surface area contributed by atoms with Gasteiger partial charge in [-0.2, -0.15) is 6.08 Å². The Balaban J connectivity index is 0.000000536. The quantitative estimate of drug-likeness (QED) is 0.149. The van der Waals surface area contributed by atoms with E-state index in [1.54, 1.807) is 27.4 Å². The average molecular weight is 867 g/mol. The van der Waals surface area contributed by atoms with Crippen molar-refractivity contribution in [3.05, 3.63) is 123 Å². The zero-order valence-corrected chi connectivity index (χ0v) is 41.4. The van der Waals surface area contributed by atoms with Crippen molar-refractivity contribution in [1.29, 1.82) is 0 Å². The maximum atomic E-state index is 2.99. The third kappa shape index (κ3) is 12.5. The molecule has 0 saturated carbocycles. The molecule has 0 aliphatic heterocycles. The van der Waals surface area contributed by atoms with Gasteiger partial charge in [0, 0.05) is 0 Å². The van der Waals surface area contributed by atoms with Gasteiger partial charge in [0.1, 0.15) is 0 Å². The van der Waals surface area contributed by atoms with Crippen LogP contribution in [-0.2, 0) is 35.1 Å². The number of rotatable bonds is 6. The SMILES string of the molecule is CC(C)C[C](=[Zr+2])CC(C)C.Cc1cc(C)c(-c2cc3[cH-]c4cc(-c5c(C)cc(C)cc5C)c(C(C)(C)C)cc4c3cc2C(C)(C)C)c(C)c1.[C-]1=CC=CC1.[Cl-].[Cl-]. The normalized spacial score (nSPS) is 12.4. The van der Waals surface area contributed by atoms with E-state index >= 15 is 0 Å². The van der Waals surface area contributed by atoms with Gasteiger partial charge in [0.2, 0.25) is 0 Å². The van der Waals surface area contributed by atoms with Crippen molar-refractivity contribution < 1.29 is 49.0 Å². The number of aryl methyl sites for hydroxylation is 6. The van der Waals surface area contributed by atoms with Crippen LogP contribution in [0.4, 0.5) is 0 Å². The minimum atomic E-state index is 0. The second-order valence-corrected chi connectivity index (χ2v) is 20.7. The fraction of sp³-hybridized carbons (Fsp3) is 0.434. The first-order chi connectivity index (χ1) is 25.1. The molecular weight excluding hydrogens is 799 g/mol. The van der Waals surface area contributed by atoms with Crippen molar-refractivity contribution in [2.45, 2.75) is 141 Å². The van der Waals surface area contributed by atoms with Gasteiger partial charge in [-0.15, -0.1) is 46.2 Å². The second kappa shape index (κ2) is 20.5. The van der Waals surface area contributed by atoms with Gasteiger partial charge in [-0.05, 0) is 108 Å². The third-order valence-corrected chi connectivity index (χ3v) is 11.4. The van der Waals surface area contributed by atoms with Gasteiger partial charge in [-0.3, -0.25) is 6.08 Å². The smallest absolute Gasteiger partial charge is 0.0139 e. The summed E-state index contributed by atoms with van der Waals surface area (Å²) in [5.41, 5.74) is 16.5. The van der Waals surface area contributed by atoms with Crippen molar-refractivity contribution in [3.8, 4) is 22.3 Å². The largest absolute Gasteiger partial charge is 1.00 e. The molecule has 0 atom stereocenters. The number of allylic oxidation sites excluding steroid dienone is 4. The molecule has 6 rings (SSSR count). The molecule has 56 heavy (non-hydrogen) atoms. The number of halogens is 2. The van der Waals surface area contributed by atoms with E-state index in [1.807, 2.05) is 12.2 Å². The van der Waals surface area contributed by atoms with E-state index in [4.69, 9.17) is 0 Å². The van der Waals surface area contributed by atoms with Crippen molar-refractivity contribution in [1.82, 2.24) is 0 Å². The molecule has 0 saturated heterocycles. The maximum Gasteiger partial charge on any atom is -0.0139 e. The van der Waals surface area contributed by atoms with Gasteiger partial charge >= 0.3 is 79.8 Å². The molecule has 1 aliphatic rings. The molecule has 0 unspecified atom stereocenters. The van der Waals surface area contributed by atoms with Crippen LogP contribution in [0.2, 0.25) is 0 Å². The molecule has 0 aromatic heterocycles. The maximum absolute atomic E-state index is 2.99. The Hall–Kier alpha value is -2.44. The van der Waals surface area contributed by atoms with Crippen LogP contribution in [-0.4, -0.2) is 3.21 Å². The molecule has 0 N–H and O–H groups in total. The summed E-state index contributed by atoms with van der Waals surface area (Å²) in [5.74, 6) is 1.71. The van der Waals surface area contributed by atoms with E-state index in [0.29, 0.717) is 0 Å². The van der Waals surface area contributed by atoms with Crippen LogP contribution in [0.3, 0.4) is 0 Å². The van der Waals surface area contributed by atoms with E-state index in [0.717, 1.165) is 18.3 Å². The first kappa shape index (κ1) is 49.7. The second-order valence-electron chi connectivity index (χ2n) is 19.0. The van der Waals surface area contributed by atoms with Crippen molar-refractivity contribution in [2.75, 3.05) is 0 Å². The number of hydrogen-bond donors (Lipinski definition) is 0. The molecule has 5 aromatic carbocycles. The molecule has 0 bridgehead atoms. The van der Waals surface area contributed by atoms with Crippen LogP contribution in [0.1, 0.15) is 133 Å². The summed E-state index contributed by atoms with van der Waals surface area (Å²) in [5, 5.41) is 5.41. The summed E-state index contributed by atoms with van der Waals surface area (Å²) in [6.45, 7) is 36.7. The van der Waals surface area contributed by atoms with Gasteiger partial charge in [-0.1, -0.05) is 89.1 Å². The van der Waals surface area contributed by atoms with Gasteiger partial charge < -0.3 is 24.8 Å². The Morgan fingerprint density at radius 3 is 1.21 bits per heavy atom. The summed E-state index contributed by atoms with van der Waals surface area (Å²) >= 11 is 1.65. The molecule has 0 radical (unpaired) electrons. The van der Waals surface area contributed by atoms with E-state index in [1.165, 1.54) is 101 Å². The van der Waals surface area contributed by atoms with E-state index in [-0.39, 0.29) is 35.6 Å². The Kier molecular flexibility index (Phi) is 18.2. The summed E-state index contributed by atoms with van der Waals surface area (Å²) in [4.78, 5) is 0. The molecule has 1 aliphatic carbocycles. The first-order valence-electron chi connectivity index (χ1n) is 20.2. The zero-order chi connectivity index (χ0) is 40.3. The molecule has 0 heterocycles. The number of benzene rings is 4. The molecule has 0 nitrogen and oxygen atoms in total. The van der Waals surface area contributed by atoms with E-state index in [9.17, 15) is 0 Å². The molecule has 5 aromatic rings. The minimum Gasteiger partial charge on any atom is -1.00 e. The Labute approximate surface area is 369 Å². The predicted octanol–water partition coefficient (Wildman–Crippen LogP) is 9.60. The zero-order valence-electron chi connectivity index (χ0n) is 37.5. The van der Waals surface area contributed by atoms with E-state index < -0.39 is 0 Å². The van der Waals surface area contributed by atoms with Crippen LogP contribution < -0.4 is 24.8 Å².